The fourth-order valence-corrected chi connectivity index (χ4v) is 3.83. The summed E-state index contributed by atoms with van der Waals surface area (Å²) in [7, 11) is 0. The maximum absolute atomic E-state index is 11.5. The smallest absolute Gasteiger partial charge is 0.336 e. The molecule has 4 rings (SSSR count). The molecule has 0 radical (unpaired) electrons. The summed E-state index contributed by atoms with van der Waals surface area (Å²) in [4.78, 5) is 11.5. The molecule has 0 unspecified atom stereocenters. The summed E-state index contributed by atoms with van der Waals surface area (Å²) >= 11 is 0. The fourth-order valence-electron chi connectivity index (χ4n) is 3.83. The number of hydrogen-bond acceptors (Lipinski definition) is 12. The van der Waals surface area contributed by atoms with Crippen molar-refractivity contribution in [1.82, 2.24) is 0 Å². The SMILES string of the molecule is C[C@H]1O[C@@H](O[C@@H]2[C@@H](Oc3ccc4ccc(=O)oc4c3)O[C@@H](CO)[C@@H](O)[C@H]2O)[C@@H](O)[C@@H](O)[C@@H]1O. The van der Waals surface area contributed by atoms with E-state index in [1.54, 1.807) is 18.2 Å². The van der Waals surface area contributed by atoms with Crippen LogP contribution in [0.3, 0.4) is 0 Å². The Morgan fingerprint density at radius 3 is 2.33 bits per heavy atom. The second-order valence-electron chi connectivity index (χ2n) is 8.06. The lowest BCUT2D eigenvalue weighted by Gasteiger charge is -2.45. The zero-order chi connectivity index (χ0) is 23.9. The molecule has 0 amide bonds. The van der Waals surface area contributed by atoms with Crippen LogP contribution < -0.4 is 10.4 Å². The molecular formula is C21H26O12. The van der Waals surface area contributed by atoms with Crippen molar-refractivity contribution in [3.05, 3.63) is 40.8 Å². The normalized spacial score (nSPS) is 39.5. The van der Waals surface area contributed by atoms with Crippen molar-refractivity contribution in [2.75, 3.05) is 6.61 Å². The molecule has 0 spiro atoms. The van der Waals surface area contributed by atoms with E-state index in [0.29, 0.717) is 5.39 Å². The van der Waals surface area contributed by atoms with Crippen LogP contribution in [0, 0.1) is 0 Å². The van der Waals surface area contributed by atoms with Gasteiger partial charge in [-0.25, -0.2) is 4.79 Å². The molecule has 0 bridgehead atoms. The van der Waals surface area contributed by atoms with Crippen LogP contribution in [-0.2, 0) is 14.2 Å². The van der Waals surface area contributed by atoms with Gasteiger partial charge in [-0.05, 0) is 25.1 Å². The molecule has 0 aliphatic carbocycles. The first-order valence-corrected chi connectivity index (χ1v) is 10.4. The van der Waals surface area contributed by atoms with Crippen molar-refractivity contribution in [1.29, 1.82) is 0 Å². The van der Waals surface area contributed by atoms with Crippen molar-refractivity contribution in [3.63, 3.8) is 0 Å². The highest BCUT2D eigenvalue weighted by molar-refractivity contribution is 5.77. The molecule has 10 atom stereocenters. The maximum Gasteiger partial charge on any atom is 0.336 e. The van der Waals surface area contributed by atoms with Gasteiger partial charge in [0.15, 0.2) is 12.4 Å². The lowest BCUT2D eigenvalue weighted by atomic mass is 9.97. The molecule has 2 aliphatic rings. The Morgan fingerprint density at radius 1 is 0.879 bits per heavy atom. The molecule has 3 heterocycles. The number of fused-ring (bicyclic) bond motifs is 1. The fraction of sp³-hybridized carbons (Fsp3) is 0.571. The first-order valence-electron chi connectivity index (χ1n) is 10.4. The Kier molecular flexibility index (Phi) is 7.00. The highest BCUT2D eigenvalue weighted by atomic mass is 16.8. The van der Waals surface area contributed by atoms with E-state index in [9.17, 15) is 35.4 Å². The van der Waals surface area contributed by atoms with Gasteiger partial charge in [-0.15, -0.1) is 0 Å². The van der Waals surface area contributed by atoms with Gasteiger partial charge in [0.05, 0.1) is 12.7 Å². The predicted molar refractivity (Wildman–Crippen MR) is 108 cm³/mol. The third-order valence-electron chi connectivity index (χ3n) is 5.77. The molecule has 6 N–H and O–H groups in total. The Morgan fingerprint density at radius 2 is 1.61 bits per heavy atom. The average Bonchev–Trinajstić information content (AvgIpc) is 2.80. The lowest BCUT2D eigenvalue weighted by Crippen LogP contribution is -2.64. The van der Waals surface area contributed by atoms with E-state index in [-0.39, 0.29) is 11.3 Å². The van der Waals surface area contributed by atoms with Crippen molar-refractivity contribution >= 4 is 11.0 Å². The van der Waals surface area contributed by atoms with Gasteiger partial charge in [0, 0.05) is 17.5 Å². The number of ether oxygens (including phenoxy) is 4. The summed E-state index contributed by atoms with van der Waals surface area (Å²) in [6.07, 6.45) is -14.3. The van der Waals surface area contributed by atoms with Crippen LogP contribution in [0.25, 0.3) is 11.0 Å². The monoisotopic (exact) mass is 470 g/mol. The number of hydrogen-bond donors (Lipinski definition) is 6. The second-order valence-corrected chi connectivity index (χ2v) is 8.06. The Bertz CT molecular complexity index is 1010. The van der Waals surface area contributed by atoms with Crippen LogP contribution in [-0.4, -0.2) is 98.7 Å². The van der Waals surface area contributed by atoms with Crippen LogP contribution in [0.15, 0.2) is 39.5 Å². The van der Waals surface area contributed by atoms with Gasteiger partial charge in [-0.3, -0.25) is 0 Å². The Labute approximate surface area is 187 Å². The number of rotatable bonds is 5. The minimum absolute atomic E-state index is 0.157. The highest BCUT2D eigenvalue weighted by Crippen LogP contribution is 2.31. The Hall–Kier alpha value is -2.13. The van der Waals surface area contributed by atoms with Crippen LogP contribution in [0.2, 0.25) is 0 Å². The molecule has 0 saturated carbocycles. The van der Waals surface area contributed by atoms with Gasteiger partial charge in [0.1, 0.15) is 48.0 Å². The van der Waals surface area contributed by atoms with E-state index in [0.717, 1.165) is 0 Å². The van der Waals surface area contributed by atoms with Gasteiger partial charge in [-0.2, -0.15) is 0 Å². The summed E-state index contributed by atoms with van der Waals surface area (Å²) in [5.74, 6) is 0.157. The van der Waals surface area contributed by atoms with Gasteiger partial charge in [0.25, 0.3) is 0 Å². The van der Waals surface area contributed by atoms with E-state index >= 15 is 0 Å². The summed E-state index contributed by atoms with van der Waals surface area (Å²) in [6, 6.07) is 7.41. The van der Waals surface area contributed by atoms with Crippen molar-refractivity contribution in [2.45, 2.75) is 68.3 Å². The van der Waals surface area contributed by atoms with Crippen molar-refractivity contribution < 1.29 is 54.0 Å². The molecule has 2 saturated heterocycles. The van der Waals surface area contributed by atoms with Crippen LogP contribution >= 0.6 is 0 Å². The van der Waals surface area contributed by atoms with Gasteiger partial charge >= 0.3 is 5.63 Å². The first-order chi connectivity index (χ1) is 15.7. The zero-order valence-corrected chi connectivity index (χ0v) is 17.5. The maximum atomic E-state index is 11.5. The molecule has 1 aromatic carbocycles. The Balaban J connectivity index is 1.60. The van der Waals surface area contributed by atoms with E-state index in [1.807, 2.05) is 0 Å². The highest BCUT2D eigenvalue weighted by Gasteiger charge is 2.50. The van der Waals surface area contributed by atoms with Gasteiger partial charge in [0.2, 0.25) is 6.29 Å². The number of aliphatic hydroxyl groups excluding tert-OH is 6. The van der Waals surface area contributed by atoms with Crippen molar-refractivity contribution in [3.8, 4) is 5.75 Å². The van der Waals surface area contributed by atoms with E-state index in [4.69, 9.17) is 23.4 Å². The van der Waals surface area contributed by atoms with Gasteiger partial charge < -0.3 is 54.0 Å². The first kappa shape index (κ1) is 24.0. The molecule has 182 valence electrons. The van der Waals surface area contributed by atoms with Crippen LogP contribution in [0.4, 0.5) is 0 Å². The quantitative estimate of drug-likeness (QED) is 0.260. The van der Waals surface area contributed by atoms with E-state index < -0.39 is 73.6 Å². The standard InChI is InChI=1S/C21H26O12/c1-8-14(24)16(26)18(28)20(29-8)33-19-17(27)15(25)12(7-22)32-21(19)30-10-4-2-9-3-5-13(23)31-11(9)6-10/h2-6,8,12,14-22,24-28H,7H2,1H3/t8-,12+,14-,15-,16+,17-,18+,19+,20+,21+/m1/s1. The largest absolute Gasteiger partial charge is 0.462 e. The summed E-state index contributed by atoms with van der Waals surface area (Å²) in [6.45, 7) is 0.819. The van der Waals surface area contributed by atoms with Crippen LogP contribution in [0.5, 0.6) is 5.75 Å². The molecule has 2 aromatic rings. The number of benzene rings is 1. The molecule has 33 heavy (non-hydrogen) atoms. The van der Waals surface area contributed by atoms with Gasteiger partial charge in [-0.1, -0.05) is 0 Å². The molecule has 12 heteroatoms. The van der Waals surface area contributed by atoms with Crippen molar-refractivity contribution in [2.24, 2.45) is 0 Å². The van der Waals surface area contributed by atoms with E-state index in [2.05, 4.69) is 0 Å². The molecule has 2 fully saturated rings. The third kappa shape index (κ3) is 4.75. The van der Waals surface area contributed by atoms with Crippen LogP contribution in [0.1, 0.15) is 6.92 Å². The molecule has 12 nitrogen and oxygen atoms in total. The second kappa shape index (κ2) is 9.62. The molecule has 2 aliphatic heterocycles. The average molecular weight is 470 g/mol. The van der Waals surface area contributed by atoms with E-state index in [1.165, 1.54) is 19.1 Å². The topological polar surface area (TPSA) is 189 Å². The predicted octanol–water partition coefficient (Wildman–Crippen LogP) is -2.18. The third-order valence-corrected chi connectivity index (χ3v) is 5.77. The summed E-state index contributed by atoms with van der Waals surface area (Å²) in [5, 5.41) is 61.2. The molecule has 1 aromatic heterocycles. The lowest BCUT2D eigenvalue weighted by molar-refractivity contribution is -0.354. The minimum atomic E-state index is -1.67. The molecular weight excluding hydrogens is 444 g/mol. The minimum Gasteiger partial charge on any atom is -0.462 e. The number of aliphatic hydroxyl groups is 6. The summed E-state index contributed by atoms with van der Waals surface area (Å²) in [5.41, 5.74) is -0.337. The zero-order valence-electron chi connectivity index (χ0n) is 17.5. The summed E-state index contributed by atoms with van der Waals surface area (Å²) < 4.78 is 27.5.